The summed E-state index contributed by atoms with van der Waals surface area (Å²) in [5.74, 6) is -0.0594. The van der Waals surface area contributed by atoms with E-state index in [2.05, 4.69) is 4.98 Å². The van der Waals surface area contributed by atoms with E-state index in [9.17, 15) is 4.39 Å². The smallest absolute Gasteiger partial charge is 0.216 e. The first kappa shape index (κ1) is 10.9. The van der Waals surface area contributed by atoms with E-state index in [1.54, 1.807) is 6.07 Å². The van der Waals surface area contributed by atoms with Crippen LogP contribution in [0.4, 0.5) is 4.39 Å². The van der Waals surface area contributed by atoms with Crippen molar-refractivity contribution in [3.8, 4) is 5.75 Å². The zero-order valence-electron chi connectivity index (χ0n) is 8.37. The molecule has 0 saturated heterocycles. The van der Waals surface area contributed by atoms with Gasteiger partial charge in [0, 0.05) is 18.9 Å². The molecule has 1 aromatic heterocycles. The van der Waals surface area contributed by atoms with Crippen LogP contribution in [0, 0.1) is 5.95 Å². The van der Waals surface area contributed by atoms with Crippen molar-refractivity contribution in [3.05, 3.63) is 24.3 Å². The number of aromatic nitrogens is 1. The molecule has 1 unspecified atom stereocenters. The van der Waals surface area contributed by atoms with Gasteiger partial charge in [0.2, 0.25) is 5.95 Å². The van der Waals surface area contributed by atoms with Crippen LogP contribution >= 0.6 is 0 Å². The largest absolute Gasteiger partial charge is 0.488 e. The maximum Gasteiger partial charge on any atom is 0.216 e. The highest BCUT2D eigenvalue weighted by molar-refractivity contribution is 5.18. The van der Waals surface area contributed by atoms with Crippen LogP contribution in [-0.4, -0.2) is 24.3 Å². The molecule has 1 atom stereocenters. The Labute approximate surface area is 82.9 Å². The van der Waals surface area contributed by atoms with Crippen molar-refractivity contribution in [2.45, 2.75) is 20.0 Å². The Morgan fingerprint density at radius 2 is 2.36 bits per heavy atom. The van der Waals surface area contributed by atoms with Gasteiger partial charge in [-0.3, -0.25) is 0 Å². The Bertz CT molecular complexity index is 281. The molecule has 1 heterocycles. The maximum atomic E-state index is 12.6. The van der Waals surface area contributed by atoms with E-state index in [0.29, 0.717) is 19.0 Å². The third kappa shape index (κ3) is 3.70. The number of ether oxygens (including phenoxy) is 2. The average Bonchev–Trinajstić information content (AvgIpc) is 2.15. The second kappa shape index (κ2) is 5.54. The van der Waals surface area contributed by atoms with Crippen LogP contribution in [0.25, 0.3) is 0 Å². The number of rotatable bonds is 5. The van der Waals surface area contributed by atoms with Crippen LogP contribution in [-0.2, 0) is 4.74 Å². The molecule has 0 saturated carbocycles. The van der Waals surface area contributed by atoms with E-state index in [0.717, 1.165) is 0 Å². The SMILES string of the molecule is CCOCC(C)Oc1ccnc(F)c1. The number of hydrogen-bond donors (Lipinski definition) is 0. The van der Waals surface area contributed by atoms with Crippen LogP contribution in [0.3, 0.4) is 0 Å². The fraction of sp³-hybridized carbons (Fsp3) is 0.500. The quantitative estimate of drug-likeness (QED) is 0.680. The normalized spacial score (nSPS) is 12.5. The molecule has 14 heavy (non-hydrogen) atoms. The Morgan fingerprint density at radius 3 is 3.00 bits per heavy atom. The minimum atomic E-state index is -0.536. The molecule has 0 N–H and O–H groups in total. The summed E-state index contributed by atoms with van der Waals surface area (Å²) in [5, 5.41) is 0. The highest BCUT2D eigenvalue weighted by Gasteiger charge is 2.04. The van der Waals surface area contributed by atoms with Gasteiger partial charge < -0.3 is 9.47 Å². The lowest BCUT2D eigenvalue weighted by molar-refractivity contribution is 0.0655. The predicted octanol–water partition coefficient (Wildman–Crippen LogP) is 2.02. The van der Waals surface area contributed by atoms with Crippen LogP contribution in [0.2, 0.25) is 0 Å². The minimum Gasteiger partial charge on any atom is -0.488 e. The molecule has 1 rings (SSSR count). The predicted molar refractivity (Wildman–Crippen MR) is 50.8 cm³/mol. The van der Waals surface area contributed by atoms with Crippen LogP contribution in [0.5, 0.6) is 5.75 Å². The summed E-state index contributed by atoms with van der Waals surface area (Å²) in [6.45, 7) is 4.94. The van der Waals surface area contributed by atoms with Crippen molar-refractivity contribution in [1.29, 1.82) is 0 Å². The highest BCUT2D eigenvalue weighted by atomic mass is 19.1. The molecule has 0 radical (unpaired) electrons. The molecule has 0 aromatic carbocycles. The van der Waals surface area contributed by atoms with Crippen molar-refractivity contribution in [2.75, 3.05) is 13.2 Å². The molecule has 0 amide bonds. The lowest BCUT2D eigenvalue weighted by Gasteiger charge is -2.13. The van der Waals surface area contributed by atoms with Crippen molar-refractivity contribution in [1.82, 2.24) is 4.98 Å². The molecule has 4 heteroatoms. The van der Waals surface area contributed by atoms with Gasteiger partial charge in [0.25, 0.3) is 0 Å². The Hall–Kier alpha value is -1.16. The first-order valence-corrected chi connectivity index (χ1v) is 4.58. The number of halogens is 1. The van der Waals surface area contributed by atoms with E-state index < -0.39 is 5.95 Å². The van der Waals surface area contributed by atoms with Crippen molar-refractivity contribution < 1.29 is 13.9 Å². The monoisotopic (exact) mass is 199 g/mol. The summed E-state index contributed by atoms with van der Waals surface area (Å²) < 4.78 is 23.2. The van der Waals surface area contributed by atoms with E-state index in [4.69, 9.17) is 9.47 Å². The summed E-state index contributed by atoms with van der Waals surface area (Å²) >= 11 is 0. The Kier molecular flexibility index (Phi) is 4.32. The van der Waals surface area contributed by atoms with Gasteiger partial charge in [0.15, 0.2) is 0 Å². The summed E-state index contributed by atoms with van der Waals surface area (Å²) in [7, 11) is 0. The molecule has 1 aromatic rings. The fourth-order valence-corrected chi connectivity index (χ4v) is 1.01. The van der Waals surface area contributed by atoms with E-state index in [-0.39, 0.29) is 6.10 Å². The number of pyridine rings is 1. The van der Waals surface area contributed by atoms with Gasteiger partial charge in [-0.25, -0.2) is 4.98 Å². The summed E-state index contributed by atoms with van der Waals surface area (Å²) in [6, 6.07) is 2.87. The van der Waals surface area contributed by atoms with Crippen LogP contribution < -0.4 is 4.74 Å². The average molecular weight is 199 g/mol. The third-order valence-corrected chi connectivity index (χ3v) is 1.59. The van der Waals surface area contributed by atoms with E-state index in [1.165, 1.54) is 12.3 Å². The van der Waals surface area contributed by atoms with E-state index in [1.807, 2.05) is 13.8 Å². The van der Waals surface area contributed by atoms with Crippen molar-refractivity contribution >= 4 is 0 Å². The highest BCUT2D eigenvalue weighted by Crippen LogP contribution is 2.11. The summed E-state index contributed by atoms with van der Waals surface area (Å²) in [6.07, 6.45) is 1.29. The molecule has 78 valence electrons. The van der Waals surface area contributed by atoms with Gasteiger partial charge in [-0.1, -0.05) is 0 Å². The van der Waals surface area contributed by atoms with Gasteiger partial charge >= 0.3 is 0 Å². The van der Waals surface area contributed by atoms with Crippen molar-refractivity contribution in [2.24, 2.45) is 0 Å². The van der Waals surface area contributed by atoms with Gasteiger partial charge in [0.05, 0.1) is 6.61 Å². The summed E-state index contributed by atoms with van der Waals surface area (Å²) in [5.41, 5.74) is 0. The molecule has 0 aliphatic rings. The number of nitrogens with zero attached hydrogens (tertiary/aromatic N) is 1. The van der Waals surface area contributed by atoms with E-state index >= 15 is 0 Å². The van der Waals surface area contributed by atoms with Gasteiger partial charge in [0.1, 0.15) is 11.9 Å². The Morgan fingerprint density at radius 1 is 1.57 bits per heavy atom. The second-order valence-corrected chi connectivity index (χ2v) is 2.90. The molecule has 0 aliphatic heterocycles. The van der Waals surface area contributed by atoms with Crippen molar-refractivity contribution in [3.63, 3.8) is 0 Å². The molecule has 3 nitrogen and oxygen atoms in total. The van der Waals surface area contributed by atoms with Crippen LogP contribution in [0.15, 0.2) is 18.3 Å². The Balaban J connectivity index is 2.43. The maximum absolute atomic E-state index is 12.6. The molecule has 0 bridgehead atoms. The topological polar surface area (TPSA) is 31.4 Å². The molecule has 0 fully saturated rings. The zero-order chi connectivity index (χ0) is 10.4. The summed E-state index contributed by atoms with van der Waals surface area (Å²) in [4.78, 5) is 3.43. The van der Waals surface area contributed by atoms with Crippen LogP contribution in [0.1, 0.15) is 13.8 Å². The first-order valence-electron chi connectivity index (χ1n) is 4.58. The minimum absolute atomic E-state index is 0.0863. The molecule has 0 aliphatic carbocycles. The lowest BCUT2D eigenvalue weighted by atomic mass is 10.4. The molecular formula is C10H14FNO2. The van der Waals surface area contributed by atoms with Gasteiger partial charge in [-0.2, -0.15) is 4.39 Å². The first-order chi connectivity index (χ1) is 6.72. The second-order valence-electron chi connectivity index (χ2n) is 2.90. The van der Waals surface area contributed by atoms with Gasteiger partial charge in [-0.15, -0.1) is 0 Å². The standard InChI is InChI=1S/C10H14FNO2/c1-3-13-7-8(2)14-9-4-5-12-10(11)6-9/h4-6,8H,3,7H2,1-2H3. The number of hydrogen-bond acceptors (Lipinski definition) is 3. The third-order valence-electron chi connectivity index (χ3n) is 1.59. The fourth-order valence-electron chi connectivity index (χ4n) is 1.01. The zero-order valence-corrected chi connectivity index (χ0v) is 8.37. The van der Waals surface area contributed by atoms with Gasteiger partial charge in [-0.05, 0) is 19.9 Å². The lowest BCUT2D eigenvalue weighted by Crippen LogP contribution is -2.19. The molecular weight excluding hydrogens is 185 g/mol. The molecule has 0 spiro atoms.